The number of hydrogen-bond acceptors (Lipinski definition) is 2. The van der Waals surface area contributed by atoms with E-state index in [0.717, 1.165) is 12.8 Å². The molecular weight excluding hydrogens is 128 g/mol. The molecule has 1 amide bonds. The lowest BCUT2D eigenvalue weighted by atomic mass is 10.0. The highest BCUT2D eigenvalue weighted by atomic mass is 16.1. The van der Waals surface area contributed by atoms with Gasteiger partial charge in [0.2, 0.25) is 5.91 Å². The van der Waals surface area contributed by atoms with Crippen molar-refractivity contribution in [1.29, 1.82) is 0 Å². The van der Waals surface area contributed by atoms with Gasteiger partial charge in [-0.05, 0) is 26.7 Å². The molecule has 1 saturated heterocycles. The van der Waals surface area contributed by atoms with Crippen LogP contribution in [-0.2, 0) is 4.79 Å². The Bertz CT molecular complexity index is 154. The summed E-state index contributed by atoms with van der Waals surface area (Å²) >= 11 is 0. The van der Waals surface area contributed by atoms with E-state index in [9.17, 15) is 4.79 Å². The molecule has 0 bridgehead atoms. The summed E-state index contributed by atoms with van der Waals surface area (Å²) in [6.45, 7) is 4.16. The second-order valence-electron chi connectivity index (χ2n) is 3.52. The van der Waals surface area contributed by atoms with Gasteiger partial charge in [0.25, 0.3) is 0 Å². The summed E-state index contributed by atoms with van der Waals surface area (Å²) in [6, 6.07) is -0.102. The van der Waals surface area contributed by atoms with Crippen molar-refractivity contribution in [2.45, 2.75) is 38.3 Å². The van der Waals surface area contributed by atoms with Crippen LogP contribution in [0.2, 0.25) is 0 Å². The van der Waals surface area contributed by atoms with Gasteiger partial charge in [-0.3, -0.25) is 4.79 Å². The van der Waals surface area contributed by atoms with Gasteiger partial charge in [-0.15, -0.1) is 0 Å². The predicted molar refractivity (Wildman–Crippen MR) is 39.4 cm³/mol. The molecule has 0 aromatic rings. The summed E-state index contributed by atoms with van der Waals surface area (Å²) in [4.78, 5) is 10.6. The van der Waals surface area contributed by atoms with E-state index in [4.69, 9.17) is 5.73 Å². The first-order chi connectivity index (χ1) is 4.51. The highest BCUT2D eigenvalue weighted by molar-refractivity contribution is 5.80. The van der Waals surface area contributed by atoms with Gasteiger partial charge in [0.05, 0.1) is 6.04 Å². The third-order valence-corrected chi connectivity index (χ3v) is 1.97. The summed E-state index contributed by atoms with van der Waals surface area (Å²) in [5.41, 5.74) is 5.21. The van der Waals surface area contributed by atoms with Gasteiger partial charge in [0, 0.05) is 5.54 Å². The molecule has 58 valence electrons. The Hall–Kier alpha value is -0.570. The molecule has 0 spiro atoms. The maximum atomic E-state index is 10.6. The Morgan fingerprint density at radius 2 is 2.30 bits per heavy atom. The van der Waals surface area contributed by atoms with E-state index in [0.29, 0.717) is 0 Å². The van der Waals surface area contributed by atoms with Gasteiger partial charge in [-0.1, -0.05) is 0 Å². The molecule has 0 aromatic heterocycles. The first-order valence-electron chi connectivity index (χ1n) is 3.58. The standard InChI is InChI=1S/C7H14N2O/c1-7(2)4-3-5(9-7)6(8)10/h5,9H,3-4H2,1-2H3,(H2,8,10). The average molecular weight is 142 g/mol. The lowest BCUT2D eigenvalue weighted by molar-refractivity contribution is -0.119. The third kappa shape index (κ3) is 1.48. The fourth-order valence-corrected chi connectivity index (χ4v) is 1.33. The molecular formula is C7H14N2O. The van der Waals surface area contributed by atoms with E-state index >= 15 is 0 Å². The molecule has 0 aliphatic carbocycles. The lowest BCUT2D eigenvalue weighted by Gasteiger charge is -2.18. The normalized spacial score (nSPS) is 30.4. The monoisotopic (exact) mass is 142 g/mol. The molecule has 10 heavy (non-hydrogen) atoms. The molecule has 1 fully saturated rings. The summed E-state index contributed by atoms with van der Waals surface area (Å²) < 4.78 is 0. The van der Waals surface area contributed by atoms with Gasteiger partial charge >= 0.3 is 0 Å². The van der Waals surface area contributed by atoms with E-state index in [1.54, 1.807) is 0 Å². The van der Waals surface area contributed by atoms with E-state index < -0.39 is 0 Å². The Morgan fingerprint density at radius 1 is 1.70 bits per heavy atom. The van der Waals surface area contributed by atoms with Crippen LogP contribution in [0.25, 0.3) is 0 Å². The van der Waals surface area contributed by atoms with Crippen molar-refractivity contribution < 1.29 is 4.79 Å². The minimum absolute atomic E-state index is 0.0969. The van der Waals surface area contributed by atoms with Crippen LogP contribution in [-0.4, -0.2) is 17.5 Å². The number of amides is 1. The molecule has 3 N–H and O–H groups in total. The first kappa shape index (κ1) is 7.54. The number of nitrogens with two attached hydrogens (primary N) is 1. The molecule has 1 unspecified atom stereocenters. The fourth-order valence-electron chi connectivity index (χ4n) is 1.33. The summed E-state index contributed by atoms with van der Waals surface area (Å²) in [5, 5.41) is 3.16. The molecule has 1 atom stereocenters. The SMILES string of the molecule is CC1(C)CCC(C(N)=O)N1. The van der Waals surface area contributed by atoms with Crippen molar-refractivity contribution in [3.05, 3.63) is 0 Å². The molecule has 1 heterocycles. The number of primary amides is 1. The van der Waals surface area contributed by atoms with Crippen molar-refractivity contribution in [2.75, 3.05) is 0 Å². The topological polar surface area (TPSA) is 55.1 Å². The summed E-state index contributed by atoms with van der Waals surface area (Å²) in [7, 11) is 0. The summed E-state index contributed by atoms with van der Waals surface area (Å²) in [5.74, 6) is -0.231. The minimum Gasteiger partial charge on any atom is -0.368 e. The zero-order valence-corrected chi connectivity index (χ0v) is 6.48. The van der Waals surface area contributed by atoms with Gasteiger partial charge in [0.15, 0.2) is 0 Å². The molecule has 1 aliphatic heterocycles. The van der Waals surface area contributed by atoms with Crippen LogP contribution >= 0.6 is 0 Å². The molecule has 3 heteroatoms. The van der Waals surface area contributed by atoms with E-state index in [-0.39, 0.29) is 17.5 Å². The van der Waals surface area contributed by atoms with Crippen LogP contribution < -0.4 is 11.1 Å². The highest BCUT2D eigenvalue weighted by Crippen LogP contribution is 2.21. The smallest absolute Gasteiger partial charge is 0.234 e. The molecule has 1 aliphatic rings. The minimum atomic E-state index is -0.231. The molecule has 3 nitrogen and oxygen atoms in total. The first-order valence-corrected chi connectivity index (χ1v) is 3.58. The summed E-state index contributed by atoms with van der Waals surface area (Å²) in [6.07, 6.45) is 1.91. The van der Waals surface area contributed by atoms with Crippen LogP contribution in [0.5, 0.6) is 0 Å². The maximum absolute atomic E-state index is 10.6. The van der Waals surface area contributed by atoms with Crippen LogP contribution in [0.3, 0.4) is 0 Å². The second-order valence-corrected chi connectivity index (χ2v) is 3.52. The van der Waals surface area contributed by atoms with Gasteiger partial charge < -0.3 is 11.1 Å². The highest BCUT2D eigenvalue weighted by Gasteiger charge is 2.32. The van der Waals surface area contributed by atoms with Crippen molar-refractivity contribution >= 4 is 5.91 Å². The van der Waals surface area contributed by atoms with Crippen molar-refractivity contribution in [2.24, 2.45) is 5.73 Å². The van der Waals surface area contributed by atoms with Crippen LogP contribution in [0, 0.1) is 0 Å². The maximum Gasteiger partial charge on any atom is 0.234 e. The van der Waals surface area contributed by atoms with Crippen molar-refractivity contribution in [3.63, 3.8) is 0 Å². The lowest BCUT2D eigenvalue weighted by Crippen LogP contribution is -2.44. The number of rotatable bonds is 1. The Kier molecular flexibility index (Phi) is 1.68. The number of nitrogens with one attached hydrogen (secondary N) is 1. The zero-order valence-electron chi connectivity index (χ0n) is 6.48. The van der Waals surface area contributed by atoms with E-state index in [1.807, 2.05) is 0 Å². The number of carbonyl (C=O) groups is 1. The molecule has 0 radical (unpaired) electrons. The molecule has 0 aromatic carbocycles. The zero-order chi connectivity index (χ0) is 7.78. The van der Waals surface area contributed by atoms with Gasteiger partial charge in [-0.25, -0.2) is 0 Å². The average Bonchev–Trinajstić information content (AvgIpc) is 2.10. The Morgan fingerprint density at radius 3 is 2.50 bits per heavy atom. The van der Waals surface area contributed by atoms with Crippen molar-refractivity contribution in [1.82, 2.24) is 5.32 Å². The predicted octanol–water partition coefficient (Wildman–Crippen LogP) is 0.00230. The van der Waals surface area contributed by atoms with Gasteiger partial charge in [0.1, 0.15) is 0 Å². The van der Waals surface area contributed by atoms with Crippen LogP contribution in [0.4, 0.5) is 0 Å². The fraction of sp³-hybridized carbons (Fsp3) is 0.857. The van der Waals surface area contributed by atoms with Gasteiger partial charge in [-0.2, -0.15) is 0 Å². The third-order valence-electron chi connectivity index (χ3n) is 1.97. The molecule has 1 rings (SSSR count). The van der Waals surface area contributed by atoms with E-state index in [2.05, 4.69) is 19.2 Å². The number of carbonyl (C=O) groups excluding carboxylic acids is 1. The Labute approximate surface area is 61.0 Å². The van der Waals surface area contributed by atoms with E-state index in [1.165, 1.54) is 0 Å². The second kappa shape index (κ2) is 2.23. The van der Waals surface area contributed by atoms with Crippen molar-refractivity contribution in [3.8, 4) is 0 Å². The van der Waals surface area contributed by atoms with Crippen LogP contribution in [0.1, 0.15) is 26.7 Å². The number of hydrogen-bond donors (Lipinski definition) is 2. The molecule has 0 saturated carbocycles. The Balaban J connectivity index is 2.51. The van der Waals surface area contributed by atoms with Crippen LogP contribution in [0.15, 0.2) is 0 Å². The quantitative estimate of drug-likeness (QED) is 0.541. The largest absolute Gasteiger partial charge is 0.368 e.